The molecule has 2 rings (SSSR count). The molecule has 0 spiro atoms. The SMILES string of the molecule is CCCNC(C)C1CCCCN1c1ncc[nH]c1=O. The zero-order valence-electron chi connectivity index (χ0n) is 11.9. The maximum absolute atomic E-state index is 11.9. The highest BCUT2D eigenvalue weighted by Crippen LogP contribution is 2.22. The molecule has 19 heavy (non-hydrogen) atoms. The minimum Gasteiger partial charge on any atom is -0.347 e. The summed E-state index contributed by atoms with van der Waals surface area (Å²) >= 11 is 0. The largest absolute Gasteiger partial charge is 0.347 e. The predicted molar refractivity (Wildman–Crippen MR) is 77.6 cm³/mol. The van der Waals surface area contributed by atoms with E-state index in [0.717, 1.165) is 32.4 Å². The van der Waals surface area contributed by atoms with E-state index in [4.69, 9.17) is 0 Å². The van der Waals surface area contributed by atoms with Crippen molar-refractivity contribution in [1.82, 2.24) is 15.3 Å². The fourth-order valence-electron chi connectivity index (χ4n) is 2.80. The highest BCUT2D eigenvalue weighted by Gasteiger charge is 2.29. The molecule has 0 aromatic carbocycles. The smallest absolute Gasteiger partial charge is 0.290 e. The quantitative estimate of drug-likeness (QED) is 0.846. The second-order valence-electron chi connectivity index (χ2n) is 5.24. The second kappa shape index (κ2) is 6.70. The second-order valence-corrected chi connectivity index (χ2v) is 5.24. The molecule has 2 atom stereocenters. The van der Waals surface area contributed by atoms with Crippen molar-refractivity contribution >= 4 is 5.82 Å². The Balaban J connectivity index is 2.16. The molecule has 0 aliphatic carbocycles. The van der Waals surface area contributed by atoms with E-state index in [9.17, 15) is 4.79 Å². The third-order valence-electron chi connectivity index (χ3n) is 3.80. The summed E-state index contributed by atoms with van der Waals surface area (Å²) in [6.45, 7) is 6.31. The van der Waals surface area contributed by atoms with Gasteiger partial charge in [0.1, 0.15) is 0 Å². The Morgan fingerprint density at radius 3 is 3.16 bits per heavy atom. The van der Waals surface area contributed by atoms with Crippen LogP contribution in [0.1, 0.15) is 39.5 Å². The minimum absolute atomic E-state index is 0.0860. The Hall–Kier alpha value is -1.36. The summed E-state index contributed by atoms with van der Waals surface area (Å²) in [4.78, 5) is 21.1. The van der Waals surface area contributed by atoms with Crippen molar-refractivity contribution in [3.05, 3.63) is 22.7 Å². The van der Waals surface area contributed by atoms with Crippen molar-refractivity contribution in [1.29, 1.82) is 0 Å². The number of piperidine rings is 1. The molecular formula is C14H24N4O. The van der Waals surface area contributed by atoms with Gasteiger partial charge in [-0.2, -0.15) is 0 Å². The molecule has 1 aliphatic heterocycles. The monoisotopic (exact) mass is 264 g/mol. The Labute approximate surface area is 114 Å². The Bertz CT molecular complexity index is 445. The Kier molecular flexibility index (Phi) is 4.96. The van der Waals surface area contributed by atoms with Crippen molar-refractivity contribution < 1.29 is 0 Å². The standard InChI is InChI=1S/C14H24N4O/c1-3-7-15-11(2)12-6-4-5-10-18(12)13-14(19)17-9-8-16-13/h8-9,11-12,15H,3-7,10H2,1-2H3,(H,17,19). The number of nitrogens with one attached hydrogen (secondary N) is 2. The van der Waals surface area contributed by atoms with Crippen molar-refractivity contribution in [2.75, 3.05) is 18.0 Å². The molecule has 2 heterocycles. The van der Waals surface area contributed by atoms with Gasteiger partial charge in [-0.05, 0) is 39.2 Å². The third kappa shape index (κ3) is 3.35. The van der Waals surface area contributed by atoms with Gasteiger partial charge in [-0.15, -0.1) is 0 Å². The van der Waals surface area contributed by atoms with Gasteiger partial charge in [0.25, 0.3) is 5.56 Å². The average Bonchev–Trinajstić information content (AvgIpc) is 2.45. The fourth-order valence-corrected chi connectivity index (χ4v) is 2.80. The van der Waals surface area contributed by atoms with E-state index in [1.54, 1.807) is 12.4 Å². The number of hydrogen-bond donors (Lipinski definition) is 2. The molecule has 1 aromatic rings. The summed E-state index contributed by atoms with van der Waals surface area (Å²) in [6, 6.07) is 0.734. The lowest BCUT2D eigenvalue weighted by Crippen LogP contribution is -2.53. The van der Waals surface area contributed by atoms with Gasteiger partial charge in [0.2, 0.25) is 0 Å². The Morgan fingerprint density at radius 2 is 2.42 bits per heavy atom. The van der Waals surface area contributed by atoms with Crippen molar-refractivity contribution in [2.24, 2.45) is 0 Å². The molecule has 106 valence electrons. The first-order valence-corrected chi connectivity index (χ1v) is 7.27. The van der Waals surface area contributed by atoms with Crippen molar-refractivity contribution in [3.8, 4) is 0 Å². The van der Waals surface area contributed by atoms with Gasteiger partial charge < -0.3 is 15.2 Å². The predicted octanol–water partition coefficient (Wildman–Crippen LogP) is 1.52. The van der Waals surface area contributed by atoms with E-state index >= 15 is 0 Å². The first kappa shape index (κ1) is 14.1. The first-order valence-electron chi connectivity index (χ1n) is 7.27. The van der Waals surface area contributed by atoms with E-state index in [1.165, 1.54) is 6.42 Å². The molecule has 0 radical (unpaired) electrons. The molecular weight excluding hydrogens is 240 g/mol. The van der Waals surface area contributed by atoms with Gasteiger partial charge in [0, 0.05) is 31.0 Å². The average molecular weight is 264 g/mol. The summed E-state index contributed by atoms with van der Waals surface area (Å²) in [7, 11) is 0. The molecule has 2 N–H and O–H groups in total. The number of H-pyrrole nitrogens is 1. The summed E-state index contributed by atoms with van der Waals surface area (Å²) in [5.74, 6) is 0.567. The molecule has 0 bridgehead atoms. The molecule has 5 heteroatoms. The van der Waals surface area contributed by atoms with E-state index in [0.29, 0.717) is 17.9 Å². The fraction of sp³-hybridized carbons (Fsp3) is 0.714. The zero-order chi connectivity index (χ0) is 13.7. The van der Waals surface area contributed by atoms with Crippen LogP contribution in [0.25, 0.3) is 0 Å². The Morgan fingerprint density at radius 1 is 1.58 bits per heavy atom. The number of nitrogens with zero attached hydrogens (tertiary/aromatic N) is 2. The summed E-state index contributed by atoms with van der Waals surface area (Å²) in [5, 5.41) is 3.54. The van der Waals surface area contributed by atoms with Crippen LogP contribution in [0, 0.1) is 0 Å². The molecule has 2 unspecified atom stereocenters. The number of anilines is 1. The summed E-state index contributed by atoms with van der Waals surface area (Å²) in [6.07, 6.45) is 7.85. The van der Waals surface area contributed by atoms with Crippen LogP contribution in [0.4, 0.5) is 5.82 Å². The molecule has 1 aliphatic rings. The van der Waals surface area contributed by atoms with Gasteiger partial charge in [0.15, 0.2) is 5.82 Å². The van der Waals surface area contributed by atoms with E-state index in [2.05, 4.69) is 34.0 Å². The molecule has 1 aromatic heterocycles. The van der Waals surface area contributed by atoms with E-state index in [-0.39, 0.29) is 5.56 Å². The van der Waals surface area contributed by atoms with Crippen LogP contribution < -0.4 is 15.8 Å². The molecule has 0 saturated carbocycles. The maximum atomic E-state index is 11.9. The van der Waals surface area contributed by atoms with Crippen LogP contribution in [0.5, 0.6) is 0 Å². The van der Waals surface area contributed by atoms with Crippen LogP contribution in [-0.2, 0) is 0 Å². The number of rotatable bonds is 5. The van der Waals surface area contributed by atoms with Gasteiger partial charge >= 0.3 is 0 Å². The van der Waals surface area contributed by atoms with Gasteiger partial charge in [-0.1, -0.05) is 6.92 Å². The molecule has 1 fully saturated rings. The number of aromatic amines is 1. The highest BCUT2D eigenvalue weighted by molar-refractivity contribution is 5.38. The summed E-state index contributed by atoms with van der Waals surface area (Å²) in [5.41, 5.74) is -0.0860. The topological polar surface area (TPSA) is 61.0 Å². The lowest BCUT2D eigenvalue weighted by Gasteiger charge is -2.39. The van der Waals surface area contributed by atoms with Crippen LogP contribution in [0.2, 0.25) is 0 Å². The van der Waals surface area contributed by atoms with Crippen LogP contribution in [-0.4, -0.2) is 35.1 Å². The lowest BCUT2D eigenvalue weighted by atomic mass is 9.96. The van der Waals surface area contributed by atoms with Crippen LogP contribution in [0.15, 0.2) is 17.2 Å². The van der Waals surface area contributed by atoms with Gasteiger partial charge in [-0.3, -0.25) is 4.79 Å². The zero-order valence-corrected chi connectivity index (χ0v) is 11.9. The van der Waals surface area contributed by atoms with Crippen molar-refractivity contribution in [3.63, 3.8) is 0 Å². The van der Waals surface area contributed by atoms with Crippen LogP contribution in [0.3, 0.4) is 0 Å². The van der Waals surface area contributed by atoms with Crippen molar-refractivity contribution in [2.45, 2.75) is 51.6 Å². The molecule has 5 nitrogen and oxygen atoms in total. The normalized spacial score (nSPS) is 21.4. The number of hydrogen-bond acceptors (Lipinski definition) is 4. The van der Waals surface area contributed by atoms with Gasteiger partial charge in [0.05, 0.1) is 0 Å². The minimum atomic E-state index is -0.0860. The number of aromatic nitrogens is 2. The van der Waals surface area contributed by atoms with Crippen LogP contribution >= 0.6 is 0 Å². The first-order chi connectivity index (χ1) is 9.24. The highest BCUT2D eigenvalue weighted by atomic mass is 16.1. The van der Waals surface area contributed by atoms with E-state index < -0.39 is 0 Å². The van der Waals surface area contributed by atoms with Gasteiger partial charge in [-0.25, -0.2) is 4.98 Å². The third-order valence-corrected chi connectivity index (χ3v) is 3.80. The molecule has 0 amide bonds. The summed E-state index contributed by atoms with van der Waals surface area (Å²) < 4.78 is 0. The van der Waals surface area contributed by atoms with E-state index in [1.807, 2.05) is 0 Å². The lowest BCUT2D eigenvalue weighted by molar-refractivity contribution is 0.365. The molecule has 1 saturated heterocycles. The maximum Gasteiger partial charge on any atom is 0.290 e.